The molecule has 0 fully saturated rings. The van der Waals surface area contributed by atoms with Crippen LogP contribution in [0.4, 0.5) is 0 Å². The fraction of sp³-hybridized carbons (Fsp3) is 0.720. The van der Waals surface area contributed by atoms with Gasteiger partial charge in [-0.1, -0.05) is 203 Å². The number of hydrogen-bond acceptors (Lipinski definition) is 8. The van der Waals surface area contributed by atoms with Crippen LogP contribution in [0.25, 0.3) is 0 Å². The summed E-state index contributed by atoms with van der Waals surface area (Å²) in [5.41, 5.74) is 2.23. The molecule has 2 aromatic rings. The van der Waals surface area contributed by atoms with Gasteiger partial charge in [-0.15, -0.1) is 0 Å². The number of rotatable bonds is 38. The van der Waals surface area contributed by atoms with Gasteiger partial charge in [-0.2, -0.15) is 0 Å². The number of aliphatic hydroxyl groups excluding tert-OH is 2. The molecule has 0 saturated heterocycles. The second kappa shape index (κ2) is 42.1. The maximum Gasteiger partial charge on any atom is 2.00 e. The van der Waals surface area contributed by atoms with E-state index in [9.17, 15) is 30.0 Å². The predicted molar refractivity (Wildman–Crippen MR) is 238 cm³/mol. The Bertz CT molecular complexity index is 1110. The standard InChI is InChI=1S/2C25H42O4.Ba/c2*1-2-3-4-5-6-7-8-9-10-14-17-24(20-23(26)18-19-25(27)28)29-21-22-15-12-11-13-16-22;/h2*11-13,15-16,23-24,26H,2-10,14,17-21H2,1H3,(H,27,28);/q;;+2/p-2. The first-order valence-electron chi connectivity index (χ1n) is 23.3. The van der Waals surface area contributed by atoms with Crippen molar-refractivity contribution in [3.8, 4) is 0 Å². The third-order valence-corrected chi connectivity index (χ3v) is 10.8. The van der Waals surface area contributed by atoms with Crippen LogP contribution in [0.3, 0.4) is 0 Å². The fourth-order valence-corrected chi connectivity index (χ4v) is 7.25. The first-order valence-corrected chi connectivity index (χ1v) is 23.3. The van der Waals surface area contributed by atoms with E-state index in [1.54, 1.807) is 0 Å². The summed E-state index contributed by atoms with van der Waals surface area (Å²) < 4.78 is 12.1. The van der Waals surface area contributed by atoms with Crippen LogP contribution in [-0.4, -0.2) is 95.4 Å². The molecule has 0 bridgehead atoms. The van der Waals surface area contributed by atoms with Gasteiger partial charge in [-0.3, -0.25) is 0 Å². The van der Waals surface area contributed by atoms with E-state index >= 15 is 0 Å². The average molecular weight is 949 g/mol. The van der Waals surface area contributed by atoms with E-state index in [-0.39, 0.29) is 86.8 Å². The van der Waals surface area contributed by atoms with Crippen LogP contribution in [0.15, 0.2) is 60.7 Å². The first-order chi connectivity index (χ1) is 28.2. The Balaban J connectivity index is 0.00000112. The third-order valence-electron chi connectivity index (χ3n) is 10.8. The largest absolute Gasteiger partial charge is 2.00 e. The predicted octanol–water partition coefficient (Wildman–Crippen LogP) is 9.95. The topological polar surface area (TPSA) is 139 Å². The summed E-state index contributed by atoms with van der Waals surface area (Å²) in [7, 11) is 0. The SMILES string of the molecule is CCCCCCCCCCCCC(CC(O)CCC(=O)[O-])OCc1ccccc1.CCCCCCCCCCCCC(CC(O)CCC(=O)[O-])OCc1ccccc1.[Ba+2]. The van der Waals surface area contributed by atoms with E-state index < -0.39 is 24.1 Å². The molecule has 2 N–H and O–H groups in total. The smallest absolute Gasteiger partial charge is 0.550 e. The van der Waals surface area contributed by atoms with Gasteiger partial charge in [-0.25, -0.2) is 0 Å². The van der Waals surface area contributed by atoms with Crippen LogP contribution >= 0.6 is 0 Å². The number of carboxylic acids is 2. The number of carboxylic acid groups (broad SMARTS) is 2. The molecule has 0 radical (unpaired) electrons. The molecule has 0 aliphatic rings. The Morgan fingerprint density at radius 1 is 0.475 bits per heavy atom. The van der Waals surface area contributed by atoms with E-state index in [1.807, 2.05) is 60.7 Å². The number of aliphatic hydroxyl groups is 2. The number of unbranched alkanes of at least 4 members (excludes halogenated alkanes) is 18. The zero-order chi connectivity index (χ0) is 42.3. The van der Waals surface area contributed by atoms with Crippen molar-refractivity contribution in [2.24, 2.45) is 0 Å². The first kappa shape index (κ1) is 57.8. The van der Waals surface area contributed by atoms with Crippen LogP contribution in [-0.2, 0) is 32.3 Å². The van der Waals surface area contributed by atoms with Gasteiger partial charge < -0.3 is 39.5 Å². The molecule has 0 heterocycles. The van der Waals surface area contributed by atoms with Gasteiger partial charge in [0.15, 0.2) is 0 Å². The Morgan fingerprint density at radius 3 is 1.05 bits per heavy atom. The van der Waals surface area contributed by atoms with E-state index in [1.165, 1.54) is 116 Å². The molecule has 0 aliphatic heterocycles. The van der Waals surface area contributed by atoms with E-state index in [0.717, 1.165) is 36.8 Å². The van der Waals surface area contributed by atoms with Gasteiger partial charge in [0.05, 0.1) is 37.6 Å². The minimum Gasteiger partial charge on any atom is -0.550 e. The quantitative estimate of drug-likeness (QED) is 0.0501. The summed E-state index contributed by atoms with van der Waals surface area (Å²) in [4.78, 5) is 21.2. The zero-order valence-electron chi connectivity index (χ0n) is 37.3. The molecule has 4 atom stereocenters. The van der Waals surface area contributed by atoms with Crippen LogP contribution < -0.4 is 10.2 Å². The summed E-state index contributed by atoms with van der Waals surface area (Å²) in [5, 5.41) is 41.5. The molecule has 2 rings (SSSR count). The van der Waals surface area contributed by atoms with Crippen molar-refractivity contribution in [1.29, 1.82) is 0 Å². The fourth-order valence-electron chi connectivity index (χ4n) is 7.25. The number of hydrogen-bond donors (Lipinski definition) is 2. The van der Waals surface area contributed by atoms with E-state index in [2.05, 4.69) is 13.8 Å². The van der Waals surface area contributed by atoms with E-state index in [4.69, 9.17) is 9.47 Å². The molecule has 9 heteroatoms. The van der Waals surface area contributed by atoms with Crippen molar-refractivity contribution in [3.05, 3.63) is 71.8 Å². The number of ether oxygens (including phenoxy) is 2. The number of carbonyl (C=O) groups is 2. The van der Waals surface area contributed by atoms with Gasteiger partial charge in [0, 0.05) is 11.9 Å². The Kier molecular flexibility index (Phi) is 41.2. The van der Waals surface area contributed by atoms with Crippen LogP contribution in [0.2, 0.25) is 0 Å². The van der Waals surface area contributed by atoms with Crippen molar-refractivity contribution in [1.82, 2.24) is 0 Å². The van der Waals surface area contributed by atoms with Crippen molar-refractivity contribution in [2.45, 2.75) is 231 Å². The molecule has 0 spiro atoms. The normalized spacial score (nSPS) is 13.1. The Morgan fingerprint density at radius 2 is 0.763 bits per heavy atom. The molecular weight excluding hydrogens is 866 g/mol. The average Bonchev–Trinajstić information content (AvgIpc) is 3.22. The van der Waals surface area contributed by atoms with Gasteiger partial charge in [0.2, 0.25) is 0 Å². The monoisotopic (exact) mass is 949 g/mol. The minimum absolute atomic E-state index is 0. The Labute approximate surface area is 400 Å². The maximum atomic E-state index is 10.6. The van der Waals surface area contributed by atoms with Crippen LogP contribution in [0, 0.1) is 0 Å². The maximum absolute atomic E-state index is 10.6. The molecule has 0 amide bonds. The van der Waals surface area contributed by atoms with Crippen LogP contribution in [0.1, 0.15) is 205 Å². The molecular formula is C50H82BaO8. The zero-order valence-corrected chi connectivity index (χ0v) is 41.8. The molecule has 4 unspecified atom stereocenters. The van der Waals surface area contributed by atoms with Gasteiger partial charge >= 0.3 is 48.9 Å². The molecule has 8 nitrogen and oxygen atoms in total. The number of aliphatic carboxylic acids is 2. The van der Waals surface area contributed by atoms with Crippen molar-refractivity contribution < 1.29 is 39.5 Å². The molecule has 59 heavy (non-hydrogen) atoms. The van der Waals surface area contributed by atoms with Gasteiger partial charge in [-0.05, 0) is 62.5 Å². The van der Waals surface area contributed by atoms with Crippen molar-refractivity contribution >= 4 is 60.8 Å². The molecule has 2 aromatic carbocycles. The second-order valence-electron chi connectivity index (χ2n) is 16.4. The van der Waals surface area contributed by atoms with Crippen LogP contribution in [0.5, 0.6) is 0 Å². The third kappa shape index (κ3) is 38.2. The van der Waals surface area contributed by atoms with Gasteiger partial charge in [0.25, 0.3) is 0 Å². The molecule has 332 valence electrons. The van der Waals surface area contributed by atoms with Gasteiger partial charge in [0.1, 0.15) is 0 Å². The van der Waals surface area contributed by atoms with Crippen molar-refractivity contribution in [3.63, 3.8) is 0 Å². The molecule has 0 aromatic heterocycles. The summed E-state index contributed by atoms with van der Waals surface area (Å²) in [6.07, 6.45) is 27.5. The summed E-state index contributed by atoms with van der Waals surface area (Å²) in [6.45, 7) is 5.55. The summed E-state index contributed by atoms with van der Waals surface area (Å²) in [5.74, 6) is -2.22. The number of carbonyl (C=O) groups excluding carboxylic acids is 2. The summed E-state index contributed by atoms with van der Waals surface area (Å²) in [6, 6.07) is 20.1. The Hall–Kier alpha value is -1.21. The summed E-state index contributed by atoms with van der Waals surface area (Å²) >= 11 is 0. The van der Waals surface area contributed by atoms with E-state index in [0.29, 0.717) is 26.1 Å². The van der Waals surface area contributed by atoms with Crippen molar-refractivity contribution in [2.75, 3.05) is 0 Å². The molecule has 0 saturated carbocycles. The minimum atomic E-state index is -1.11. The molecule has 0 aliphatic carbocycles. The number of benzene rings is 2. The second-order valence-corrected chi connectivity index (χ2v) is 16.4.